The smallest absolute Gasteiger partial charge is 0.225 e. The molecule has 0 saturated carbocycles. The first-order chi connectivity index (χ1) is 11.8. The quantitative estimate of drug-likeness (QED) is 0.781. The van der Waals surface area contributed by atoms with Crippen LogP contribution in [0.15, 0.2) is 18.2 Å². The Morgan fingerprint density at radius 2 is 2.12 bits per heavy atom. The van der Waals surface area contributed by atoms with Gasteiger partial charge in [-0.3, -0.25) is 10.2 Å². The molecule has 0 bridgehead atoms. The van der Waals surface area contributed by atoms with Crippen LogP contribution in [0.4, 0.5) is 0 Å². The molecule has 25 heavy (non-hydrogen) atoms. The molecular formula is C18H24ClN5O. The van der Waals surface area contributed by atoms with Crippen LogP contribution in [-0.4, -0.2) is 27.9 Å². The van der Waals surface area contributed by atoms with E-state index in [4.69, 9.17) is 11.6 Å². The predicted molar refractivity (Wildman–Crippen MR) is 98.8 cm³/mol. The highest BCUT2D eigenvalue weighted by Crippen LogP contribution is 2.23. The molecule has 1 aliphatic rings. The Kier molecular flexibility index (Phi) is 5.13. The van der Waals surface area contributed by atoms with E-state index in [0.29, 0.717) is 17.5 Å². The Hall–Kier alpha value is -1.89. The zero-order valence-electron chi connectivity index (χ0n) is 15.0. The van der Waals surface area contributed by atoms with E-state index < -0.39 is 0 Å². The molecule has 1 saturated heterocycles. The number of halogens is 1. The molecule has 1 amide bonds. The first kappa shape index (κ1) is 17.9. The highest BCUT2D eigenvalue weighted by Gasteiger charge is 2.23. The summed E-state index contributed by atoms with van der Waals surface area (Å²) in [6, 6.07) is 6.21. The van der Waals surface area contributed by atoms with Crippen molar-refractivity contribution in [3.63, 3.8) is 0 Å². The summed E-state index contributed by atoms with van der Waals surface area (Å²) in [5, 5.41) is 8.31. The van der Waals surface area contributed by atoms with Gasteiger partial charge >= 0.3 is 0 Å². The number of aryl methyl sites for hydroxylation is 2. The minimum atomic E-state index is -0.0333. The lowest BCUT2D eigenvalue weighted by Gasteiger charge is -2.12. The average Bonchev–Trinajstić information content (AvgIpc) is 3.08. The molecule has 7 heteroatoms. The maximum absolute atomic E-state index is 12.4. The van der Waals surface area contributed by atoms with Gasteiger partial charge in [0.25, 0.3) is 0 Å². The molecule has 1 aromatic heterocycles. The maximum Gasteiger partial charge on any atom is 0.225 e. The fourth-order valence-corrected chi connectivity index (χ4v) is 3.29. The highest BCUT2D eigenvalue weighted by molar-refractivity contribution is 6.31. The molecule has 3 N–H and O–H groups in total. The summed E-state index contributed by atoms with van der Waals surface area (Å²) in [5.41, 5.74) is 10.9. The molecule has 1 aromatic carbocycles. The molecule has 2 unspecified atom stereocenters. The van der Waals surface area contributed by atoms with Gasteiger partial charge in [-0.25, -0.2) is 10.1 Å². The number of nitrogens with one attached hydrogen (secondary N) is 3. The van der Waals surface area contributed by atoms with Gasteiger partial charge in [0.05, 0.1) is 24.0 Å². The van der Waals surface area contributed by atoms with E-state index in [-0.39, 0.29) is 12.1 Å². The number of amides is 1. The number of benzene rings is 1. The van der Waals surface area contributed by atoms with Crippen LogP contribution in [0, 0.1) is 20.8 Å². The van der Waals surface area contributed by atoms with Crippen molar-refractivity contribution in [1.29, 1.82) is 0 Å². The largest absolute Gasteiger partial charge is 0.339 e. The van der Waals surface area contributed by atoms with E-state index in [2.05, 4.69) is 28.2 Å². The Morgan fingerprint density at radius 1 is 1.36 bits per heavy atom. The van der Waals surface area contributed by atoms with Crippen molar-refractivity contribution >= 4 is 17.5 Å². The maximum atomic E-state index is 12.4. The standard InChI is InChI=1S/C18H24ClN5O/c1-10-5-6-14(8-16(10)19)24-13(4)15(12(3)23-24)9-18(25)20-17-7-11(2)21-22-17/h5-6,8,11,17,21-22H,7,9H2,1-4H3,(H,20,25). The van der Waals surface area contributed by atoms with E-state index in [1.54, 1.807) is 0 Å². The first-order valence-electron chi connectivity index (χ1n) is 8.47. The molecular weight excluding hydrogens is 338 g/mol. The van der Waals surface area contributed by atoms with Crippen molar-refractivity contribution in [3.05, 3.63) is 45.7 Å². The van der Waals surface area contributed by atoms with Gasteiger partial charge in [0, 0.05) is 22.3 Å². The van der Waals surface area contributed by atoms with Gasteiger partial charge in [-0.2, -0.15) is 5.10 Å². The third-order valence-electron chi connectivity index (χ3n) is 4.61. The van der Waals surface area contributed by atoms with Crippen molar-refractivity contribution in [2.24, 2.45) is 0 Å². The molecule has 2 aromatic rings. The Labute approximate surface area is 152 Å². The number of carbonyl (C=O) groups excluding carboxylic acids is 1. The van der Waals surface area contributed by atoms with Gasteiger partial charge in [-0.15, -0.1) is 0 Å². The number of hydrazine groups is 1. The molecule has 1 aliphatic heterocycles. The fourth-order valence-electron chi connectivity index (χ4n) is 3.11. The second-order valence-electron chi connectivity index (χ2n) is 6.72. The number of hydrogen-bond donors (Lipinski definition) is 3. The lowest BCUT2D eigenvalue weighted by molar-refractivity contribution is -0.121. The van der Waals surface area contributed by atoms with E-state index >= 15 is 0 Å². The third-order valence-corrected chi connectivity index (χ3v) is 5.01. The molecule has 6 nitrogen and oxygen atoms in total. The predicted octanol–water partition coefficient (Wildman–Crippen LogP) is 2.32. The Bertz CT molecular complexity index is 801. The van der Waals surface area contributed by atoms with Crippen LogP contribution in [0.2, 0.25) is 5.02 Å². The lowest BCUT2D eigenvalue weighted by atomic mass is 10.1. The summed E-state index contributed by atoms with van der Waals surface area (Å²) in [4.78, 5) is 12.4. The molecule has 0 radical (unpaired) electrons. The van der Waals surface area contributed by atoms with Crippen LogP contribution in [0.25, 0.3) is 5.69 Å². The zero-order chi connectivity index (χ0) is 18.1. The summed E-state index contributed by atoms with van der Waals surface area (Å²) in [6.45, 7) is 7.95. The molecule has 1 fully saturated rings. The van der Waals surface area contributed by atoms with E-state index in [9.17, 15) is 4.79 Å². The van der Waals surface area contributed by atoms with Crippen LogP contribution in [0.3, 0.4) is 0 Å². The minimum Gasteiger partial charge on any atom is -0.339 e. The number of aromatic nitrogens is 2. The van der Waals surface area contributed by atoms with Crippen molar-refractivity contribution in [1.82, 2.24) is 25.9 Å². The third kappa shape index (κ3) is 3.86. The van der Waals surface area contributed by atoms with E-state index in [0.717, 1.165) is 34.6 Å². The summed E-state index contributed by atoms with van der Waals surface area (Å²) >= 11 is 6.24. The average molecular weight is 362 g/mol. The molecule has 2 atom stereocenters. The molecule has 2 heterocycles. The molecule has 134 valence electrons. The van der Waals surface area contributed by atoms with E-state index in [1.807, 2.05) is 43.7 Å². The molecule has 0 spiro atoms. The van der Waals surface area contributed by atoms with E-state index in [1.165, 1.54) is 0 Å². The van der Waals surface area contributed by atoms with Gasteiger partial charge in [0.15, 0.2) is 0 Å². The minimum absolute atomic E-state index is 0.0129. The second kappa shape index (κ2) is 7.15. The number of nitrogens with zero attached hydrogens (tertiary/aromatic N) is 2. The first-order valence-corrected chi connectivity index (χ1v) is 8.85. The van der Waals surface area contributed by atoms with Crippen LogP contribution >= 0.6 is 11.6 Å². The van der Waals surface area contributed by atoms with Crippen LogP contribution in [0.5, 0.6) is 0 Å². The van der Waals surface area contributed by atoms with Crippen molar-refractivity contribution < 1.29 is 4.79 Å². The molecule has 3 rings (SSSR count). The Morgan fingerprint density at radius 3 is 2.76 bits per heavy atom. The summed E-state index contributed by atoms with van der Waals surface area (Å²) < 4.78 is 1.85. The number of rotatable bonds is 4. The van der Waals surface area contributed by atoms with Gasteiger partial charge in [0.1, 0.15) is 0 Å². The van der Waals surface area contributed by atoms with Gasteiger partial charge in [-0.05, 0) is 51.8 Å². The topological polar surface area (TPSA) is 71.0 Å². The van der Waals surface area contributed by atoms with Crippen molar-refractivity contribution in [2.75, 3.05) is 0 Å². The van der Waals surface area contributed by atoms with Crippen molar-refractivity contribution in [3.8, 4) is 5.69 Å². The van der Waals surface area contributed by atoms with Crippen molar-refractivity contribution in [2.45, 2.75) is 52.7 Å². The SMILES string of the molecule is Cc1ccc(-n2nc(C)c(CC(=O)NC3CC(C)NN3)c2C)cc1Cl. The summed E-state index contributed by atoms with van der Waals surface area (Å²) in [6.07, 6.45) is 1.14. The Balaban J connectivity index is 1.77. The monoisotopic (exact) mass is 361 g/mol. The van der Waals surface area contributed by atoms with Crippen LogP contribution in [-0.2, 0) is 11.2 Å². The molecule has 0 aliphatic carbocycles. The van der Waals surface area contributed by atoms with Gasteiger partial charge < -0.3 is 5.32 Å². The normalized spacial score (nSPS) is 20.0. The zero-order valence-corrected chi connectivity index (χ0v) is 15.7. The van der Waals surface area contributed by atoms with Gasteiger partial charge in [-0.1, -0.05) is 17.7 Å². The second-order valence-corrected chi connectivity index (χ2v) is 7.12. The van der Waals surface area contributed by atoms with Crippen LogP contribution in [0.1, 0.15) is 35.9 Å². The van der Waals surface area contributed by atoms with Crippen LogP contribution < -0.4 is 16.2 Å². The summed E-state index contributed by atoms with van der Waals surface area (Å²) in [7, 11) is 0. The van der Waals surface area contributed by atoms with Gasteiger partial charge in [0.2, 0.25) is 5.91 Å². The number of carbonyl (C=O) groups is 1. The fraction of sp³-hybridized carbons (Fsp3) is 0.444. The highest BCUT2D eigenvalue weighted by atomic mass is 35.5. The summed E-state index contributed by atoms with van der Waals surface area (Å²) in [5.74, 6) is -0.0129. The lowest BCUT2D eigenvalue weighted by Crippen LogP contribution is -2.44. The number of hydrogen-bond acceptors (Lipinski definition) is 4.